The van der Waals surface area contributed by atoms with E-state index in [4.69, 9.17) is 9.47 Å². The molecule has 1 aliphatic carbocycles. The van der Waals surface area contributed by atoms with Gasteiger partial charge in [-0.3, -0.25) is 9.62 Å². The Balaban J connectivity index is 1.49. The van der Waals surface area contributed by atoms with Crippen molar-refractivity contribution >= 4 is 27.9 Å². The summed E-state index contributed by atoms with van der Waals surface area (Å²) in [7, 11) is -0.525. The standard InChI is InChI=1S/C21H22FN3O6S/c1-24(2)20(26)30-15-7-6-13-11-25(21(27)31-18(13)10-15)12-14-4-3-5-17(19(14)22)23-32(28,29)16-8-9-16/h3-7,10,16,23H,8-9,11-12H2,1-2H3. The van der Waals surface area contributed by atoms with Gasteiger partial charge in [0, 0.05) is 31.3 Å². The number of halogens is 1. The highest BCUT2D eigenvalue weighted by molar-refractivity contribution is 7.93. The van der Waals surface area contributed by atoms with Crippen LogP contribution in [-0.2, 0) is 23.1 Å². The maximum atomic E-state index is 14.9. The number of sulfonamides is 1. The number of fused-ring (bicyclic) bond motifs is 1. The van der Waals surface area contributed by atoms with Crippen molar-refractivity contribution in [2.24, 2.45) is 0 Å². The molecule has 1 fully saturated rings. The Morgan fingerprint density at radius 1 is 1.28 bits per heavy atom. The summed E-state index contributed by atoms with van der Waals surface area (Å²) in [6, 6.07) is 9.03. The van der Waals surface area contributed by atoms with Gasteiger partial charge in [-0.05, 0) is 31.0 Å². The molecule has 1 aliphatic heterocycles. The Bertz CT molecular complexity index is 1180. The van der Waals surface area contributed by atoms with E-state index in [-0.39, 0.29) is 35.8 Å². The monoisotopic (exact) mass is 463 g/mol. The third-order valence-corrected chi connectivity index (χ3v) is 6.93. The minimum Gasteiger partial charge on any atom is -0.410 e. The highest BCUT2D eigenvalue weighted by Crippen LogP contribution is 2.33. The van der Waals surface area contributed by atoms with Crippen LogP contribution < -0.4 is 14.2 Å². The van der Waals surface area contributed by atoms with Crippen molar-refractivity contribution in [3.05, 3.63) is 53.3 Å². The summed E-state index contributed by atoms with van der Waals surface area (Å²) >= 11 is 0. The van der Waals surface area contributed by atoms with Gasteiger partial charge in [-0.1, -0.05) is 12.1 Å². The number of ether oxygens (including phenoxy) is 2. The molecule has 1 saturated carbocycles. The van der Waals surface area contributed by atoms with Crippen molar-refractivity contribution in [1.29, 1.82) is 0 Å². The Kier molecular flexibility index (Phi) is 5.68. The molecule has 2 aliphatic rings. The van der Waals surface area contributed by atoms with Crippen LogP contribution in [0.5, 0.6) is 11.5 Å². The van der Waals surface area contributed by atoms with E-state index in [2.05, 4.69) is 4.72 Å². The van der Waals surface area contributed by atoms with Gasteiger partial charge in [0.05, 0.1) is 24.0 Å². The molecule has 2 aromatic carbocycles. The Hall–Kier alpha value is -3.34. The van der Waals surface area contributed by atoms with E-state index in [0.717, 1.165) is 0 Å². The molecule has 11 heteroatoms. The van der Waals surface area contributed by atoms with Gasteiger partial charge in [-0.2, -0.15) is 0 Å². The lowest BCUT2D eigenvalue weighted by molar-refractivity contribution is 0.134. The first-order valence-electron chi connectivity index (χ1n) is 9.92. The Morgan fingerprint density at radius 2 is 2.03 bits per heavy atom. The third-order valence-electron chi connectivity index (χ3n) is 5.08. The maximum Gasteiger partial charge on any atom is 0.415 e. The number of rotatable bonds is 6. The first-order valence-corrected chi connectivity index (χ1v) is 11.5. The van der Waals surface area contributed by atoms with E-state index in [1.54, 1.807) is 26.2 Å². The topological polar surface area (TPSA) is 105 Å². The molecule has 4 rings (SSSR count). The van der Waals surface area contributed by atoms with E-state index in [0.29, 0.717) is 18.4 Å². The molecule has 2 amide bonds. The first-order chi connectivity index (χ1) is 15.1. The molecule has 0 atom stereocenters. The van der Waals surface area contributed by atoms with Gasteiger partial charge in [0.2, 0.25) is 10.0 Å². The van der Waals surface area contributed by atoms with Gasteiger partial charge < -0.3 is 14.4 Å². The molecule has 1 heterocycles. The van der Waals surface area contributed by atoms with Crippen molar-refractivity contribution in [1.82, 2.24) is 9.80 Å². The zero-order chi connectivity index (χ0) is 23.0. The number of benzene rings is 2. The van der Waals surface area contributed by atoms with Gasteiger partial charge in [0.15, 0.2) is 5.82 Å². The average Bonchev–Trinajstić information content (AvgIpc) is 3.57. The Labute approximate surface area is 184 Å². The van der Waals surface area contributed by atoms with E-state index < -0.39 is 33.3 Å². The molecule has 0 aromatic heterocycles. The number of hydrogen-bond acceptors (Lipinski definition) is 6. The number of anilines is 1. The predicted octanol–water partition coefficient (Wildman–Crippen LogP) is 3.30. The van der Waals surface area contributed by atoms with Gasteiger partial charge in [-0.15, -0.1) is 0 Å². The molecule has 0 saturated heterocycles. The largest absolute Gasteiger partial charge is 0.415 e. The highest BCUT2D eigenvalue weighted by Gasteiger charge is 2.36. The number of nitrogens with zero attached hydrogens (tertiary/aromatic N) is 2. The van der Waals surface area contributed by atoms with Crippen LogP contribution in [0.2, 0.25) is 0 Å². The second-order valence-corrected chi connectivity index (χ2v) is 9.84. The molecule has 170 valence electrons. The van der Waals surface area contributed by atoms with Gasteiger partial charge in [0.25, 0.3) is 0 Å². The van der Waals surface area contributed by atoms with Crippen molar-refractivity contribution in [2.45, 2.75) is 31.2 Å². The summed E-state index contributed by atoms with van der Waals surface area (Å²) in [6.07, 6.45) is -0.143. The van der Waals surface area contributed by atoms with Crippen LogP contribution in [0.25, 0.3) is 0 Å². The number of hydrogen-bond donors (Lipinski definition) is 1. The molecule has 0 spiro atoms. The van der Waals surface area contributed by atoms with Crippen LogP contribution in [0.3, 0.4) is 0 Å². The molecule has 0 unspecified atom stereocenters. The summed E-state index contributed by atoms with van der Waals surface area (Å²) in [5, 5.41) is -0.485. The number of carbonyl (C=O) groups excluding carboxylic acids is 2. The van der Waals surface area contributed by atoms with Crippen LogP contribution in [0.4, 0.5) is 19.7 Å². The zero-order valence-electron chi connectivity index (χ0n) is 17.5. The first kappa shape index (κ1) is 21.9. The fourth-order valence-electron chi connectivity index (χ4n) is 3.17. The van der Waals surface area contributed by atoms with E-state index in [1.165, 1.54) is 34.1 Å². The van der Waals surface area contributed by atoms with Gasteiger partial charge in [0.1, 0.15) is 11.5 Å². The normalized spacial score (nSPS) is 15.6. The lowest BCUT2D eigenvalue weighted by Gasteiger charge is -2.28. The molecule has 9 nitrogen and oxygen atoms in total. The molecule has 0 radical (unpaired) electrons. The fraction of sp³-hybridized carbons (Fsp3) is 0.333. The fourth-order valence-corrected chi connectivity index (χ4v) is 4.55. The molecule has 1 N–H and O–H groups in total. The van der Waals surface area contributed by atoms with Crippen LogP contribution in [0.15, 0.2) is 36.4 Å². The van der Waals surface area contributed by atoms with E-state index in [1.807, 2.05) is 0 Å². The lowest BCUT2D eigenvalue weighted by atomic mass is 10.1. The minimum atomic E-state index is -3.62. The van der Waals surface area contributed by atoms with Crippen LogP contribution in [-0.4, -0.2) is 49.7 Å². The van der Waals surface area contributed by atoms with E-state index in [9.17, 15) is 22.4 Å². The summed E-state index contributed by atoms with van der Waals surface area (Å²) in [4.78, 5) is 26.7. The van der Waals surface area contributed by atoms with Crippen LogP contribution >= 0.6 is 0 Å². The van der Waals surface area contributed by atoms with E-state index >= 15 is 0 Å². The highest BCUT2D eigenvalue weighted by atomic mass is 32.2. The van der Waals surface area contributed by atoms with Crippen molar-refractivity contribution in [3.8, 4) is 11.5 Å². The zero-order valence-corrected chi connectivity index (χ0v) is 18.3. The van der Waals surface area contributed by atoms with Crippen LogP contribution in [0, 0.1) is 5.82 Å². The number of amides is 2. The smallest absolute Gasteiger partial charge is 0.410 e. The molecule has 0 bridgehead atoms. The number of nitrogens with one attached hydrogen (secondary N) is 1. The molecule has 32 heavy (non-hydrogen) atoms. The molecular weight excluding hydrogens is 441 g/mol. The van der Waals surface area contributed by atoms with Crippen molar-refractivity contribution in [3.63, 3.8) is 0 Å². The predicted molar refractivity (Wildman–Crippen MR) is 113 cm³/mol. The summed E-state index contributed by atoms with van der Waals surface area (Å²) < 4.78 is 52.0. The van der Waals surface area contributed by atoms with Crippen molar-refractivity contribution in [2.75, 3.05) is 18.8 Å². The minimum absolute atomic E-state index is 0.111. The SMILES string of the molecule is CN(C)C(=O)Oc1ccc2c(c1)OC(=O)N(Cc1cccc(NS(=O)(=O)C3CC3)c1F)C2. The van der Waals surface area contributed by atoms with Crippen LogP contribution in [0.1, 0.15) is 24.0 Å². The Morgan fingerprint density at radius 3 is 2.72 bits per heavy atom. The van der Waals surface area contributed by atoms with Gasteiger partial charge in [-0.25, -0.2) is 22.4 Å². The van der Waals surface area contributed by atoms with Gasteiger partial charge >= 0.3 is 12.2 Å². The third kappa shape index (κ3) is 4.62. The molecular formula is C21H22FN3O6S. The lowest BCUT2D eigenvalue weighted by Crippen LogP contribution is -2.36. The maximum absolute atomic E-state index is 14.9. The summed E-state index contributed by atoms with van der Waals surface area (Å²) in [5.41, 5.74) is 0.658. The second kappa shape index (κ2) is 8.30. The summed E-state index contributed by atoms with van der Waals surface area (Å²) in [5.74, 6) is -0.256. The second-order valence-electron chi connectivity index (χ2n) is 7.88. The summed E-state index contributed by atoms with van der Waals surface area (Å²) in [6.45, 7) is 0.0357. The quantitative estimate of drug-likeness (QED) is 0.705. The average molecular weight is 463 g/mol. The number of carbonyl (C=O) groups is 2. The molecule has 2 aromatic rings. The van der Waals surface area contributed by atoms with Crippen molar-refractivity contribution < 1.29 is 31.9 Å².